The molecule has 18 heavy (non-hydrogen) atoms. The van der Waals surface area contributed by atoms with Crippen molar-refractivity contribution in [1.29, 1.82) is 0 Å². The van der Waals surface area contributed by atoms with Gasteiger partial charge in [0.15, 0.2) is 0 Å². The van der Waals surface area contributed by atoms with Gasteiger partial charge in [-0.2, -0.15) is 0 Å². The number of methoxy groups -OCH3 is 1. The average molecular weight is 256 g/mol. The van der Waals surface area contributed by atoms with Gasteiger partial charge in [0.25, 0.3) is 11.8 Å². The topological polar surface area (TPSA) is 84.6 Å². The molecule has 1 amide bonds. The van der Waals surface area contributed by atoms with E-state index in [2.05, 4.69) is 10.5 Å². The molecule has 0 aliphatic rings. The second-order valence-electron chi connectivity index (χ2n) is 5.36. The molecule has 102 valence electrons. The number of aliphatic hydroxyl groups is 1. The molecule has 6 nitrogen and oxygen atoms in total. The molecule has 0 saturated carbocycles. The summed E-state index contributed by atoms with van der Waals surface area (Å²) in [5, 5.41) is 15.8. The number of aromatic nitrogens is 1. The molecule has 1 aromatic heterocycles. The fourth-order valence-corrected chi connectivity index (χ4v) is 1.54. The van der Waals surface area contributed by atoms with Gasteiger partial charge in [-0.05, 0) is 17.0 Å². The maximum absolute atomic E-state index is 11.6. The van der Waals surface area contributed by atoms with Crippen molar-refractivity contribution in [2.75, 3.05) is 13.7 Å². The molecule has 0 radical (unpaired) electrons. The fourth-order valence-electron chi connectivity index (χ4n) is 1.54. The lowest BCUT2D eigenvalue weighted by atomic mass is 9.89. The summed E-state index contributed by atoms with van der Waals surface area (Å²) in [5.41, 5.74) is 0.0135. The van der Waals surface area contributed by atoms with Crippen molar-refractivity contribution in [3.05, 3.63) is 11.8 Å². The first kappa shape index (κ1) is 14.5. The SMILES string of the molecule is COc1cc(C(=O)NCC(O)CC(C)(C)C)on1. The van der Waals surface area contributed by atoms with Gasteiger partial charge in [-0.15, -0.1) is 0 Å². The van der Waals surface area contributed by atoms with E-state index in [0.29, 0.717) is 6.42 Å². The second kappa shape index (κ2) is 5.86. The lowest BCUT2D eigenvalue weighted by molar-refractivity contribution is 0.0836. The van der Waals surface area contributed by atoms with Crippen LogP contribution in [0.15, 0.2) is 10.6 Å². The number of hydrogen-bond donors (Lipinski definition) is 2. The number of carbonyl (C=O) groups excluding carboxylic acids is 1. The molecule has 0 aliphatic heterocycles. The first-order valence-corrected chi connectivity index (χ1v) is 5.79. The van der Waals surface area contributed by atoms with Gasteiger partial charge in [0.2, 0.25) is 5.76 Å². The molecular formula is C12H20N2O4. The molecular weight excluding hydrogens is 236 g/mol. The van der Waals surface area contributed by atoms with Crippen molar-refractivity contribution in [3.63, 3.8) is 0 Å². The van der Waals surface area contributed by atoms with Crippen LogP contribution >= 0.6 is 0 Å². The third-order valence-corrected chi connectivity index (χ3v) is 2.27. The molecule has 0 bridgehead atoms. The van der Waals surface area contributed by atoms with Crippen LogP contribution in [0.4, 0.5) is 0 Å². The van der Waals surface area contributed by atoms with Crippen molar-refractivity contribution in [2.45, 2.75) is 33.3 Å². The second-order valence-corrected chi connectivity index (χ2v) is 5.36. The zero-order valence-electron chi connectivity index (χ0n) is 11.2. The summed E-state index contributed by atoms with van der Waals surface area (Å²) < 4.78 is 9.58. The molecule has 1 unspecified atom stereocenters. The van der Waals surface area contributed by atoms with Crippen molar-refractivity contribution in [1.82, 2.24) is 10.5 Å². The van der Waals surface area contributed by atoms with E-state index in [1.807, 2.05) is 20.8 Å². The van der Waals surface area contributed by atoms with E-state index < -0.39 is 12.0 Å². The Kier molecular flexibility index (Phi) is 4.72. The smallest absolute Gasteiger partial charge is 0.290 e. The Balaban J connectivity index is 2.41. The van der Waals surface area contributed by atoms with E-state index >= 15 is 0 Å². The Morgan fingerprint density at radius 1 is 1.61 bits per heavy atom. The zero-order valence-corrected chi connectivity index (χ0v) is 11.2. The normalized spacial score (nSPS) is 13.2. The van der Waals surface area contributed by atoms with E-state index in [4.69, 9.17) is 9.26 Å². The Bertz CT molecular complexity index is 395. The number of carbonyl (C=O) groups is 1. The van der Waals surface area contributed by atoms with Crippen molar-refractivity contribution in [2.24, 2.45) is 5.41 Å². The highest BCUT2D eigenvalue weighted by molar-refractivity contribution is 5.91. The quantitative estimate of drug-likeness (QED) is 0.827. The van der Waals surface area contributed by atoms with Crippen molar-refractivity contribution in [3.8, 4) is 5.88 Å². The largest absolute Gasteiger partial charge is 0.479 e. The van der Waals surface area contributed by atoms with E-state index in [1.54, 1.807) is 0 Å². The first-order chi connectivity index (χ1) is 8.31. The number of amides is 1. The minimum Gasteiger partial charge on any atom is -0.479 e. The summed E-state index contributed by atoms with van der Waals surface area (Å²) in [4.78, 5) is 11.6. The molecule has 2 N–H and O–H groups in total. The minimum absolute atomic E-state index is 0.0135. The van der Waals surface area contributed by atoms with Gasteiger partial charge in [-0.1, -0.05) is 20.8 Å². The van der Waals surface area contributed by atoms with Gasteiger partial charge in [0.1, 0.15) is 0 Å². The van der Waals surface area contributed by atoms with Gasteiger partial charge in [0, 0.05) is 6.54 Å². The molecule has 0 aliphatic carbocycles. The molecule has 1 rings (SSSR count). The van der Waals surface area contributed by atoms with Crippen LogP contribution in [0.1, 0.15) is 37.7 Å². The standard InChI is InChI=1S/C12H20N2O4/c1-12(2,3)6-8(15)7-13-11(16)9-5-10(17-4)14-18-9/h5,8,15H,6-7H2,1-4H3,(H,13,16). The van der Waals surface area contributed by atoms with Gasteiger partial charge >= 0.3 is 0 Å². The van der Waals surface area contributed by atoms with E-state index in [0.717, 1.165) is 0 Å². The number of rotatable bonds is 5. The molecule has 0 spiro atoms. The van der Waals surface area contributed by atoms with Gasteiger partial charge in [-0.3, -0.25) is 4.79 Å². The zero-order chi connectivity index (χ0) is 13.8. The lowest BCUT2D eigenvalue weighted by Crippen LogP contribution is -2.34. The Morgan fingerprint density at radius 3 is 2.78 bits per heavy atom. The maximum Gasteiger partial charge on any atom is 0.290 e. The van der Waals surface area contributed by atoms with E-state index in [9.17, 15) is 9.90 Å². The third-order valence-electron chi connectivity index (χ3n) is 2.27. The molecule has 1 aromatic rings. The Morgan fingerprint density at radius 2 is 2.28 bits per heavy atom. The maximum atomic E-state index is 11.6. The van der Waals surface area contributed by atoms with Crippen LogP contribution in [-0.4, -0.2) is 35.9 Å². The van der Waals surface area contributed by atoms with Crippen LogP contribution in [0.5, 0.6) is 5.88 Å². The van der Waals surface area contributed by atoms with Crippen LogP contribution < -0.4 is 10.1 Å². The molecule has 0 aromatic carbocycles. The van der Waals surface area contributed by atoms with Crippen molar-refractivity contribution < 1.29 is 19.2 Å². The molecule has 6 heteroatoms. The number of nitrogens with one attached hydrogen (secondary N) is 1. The van der Waals surface area contributed by atoms with Gasteiger partial charge in [-0.25, -0.2) is 0 Å². The summed E-state index contributed by atoms with van der Waals surface area (Å²) in [6.45, 7) is 6.26. The summed E-state index contributed by atoms with van der Waals surface area (Å²) >= 11 is 0. The van der Waals surface area contributed by atoms with Crippen molar-refractivity contribution >= 4 is 5.91 Å². The van der Waals surface area contributed by atoms with E-state index in [1.165, 1.54) is 13.2 Å². The highest BCUT2D eigenvalue weighted by Crippen LogP contribution is 2.20. The predicted molar refractivity (Wildman–Crippen MR) is 65.5 cm³/mol. The number of hydrogen-bond acceptors (Lipinski definition) is 5. The molecule has 1 heterocycles. The summed E-state index contributed by atoms with van der Waals surface area (Å²) in [7, 11) is 1.44. The number of ether oxygens (including phenoxy) is 1. The fraction of sp³-hybridized carbons (Fsp3) is 0.667. The van der Waals surface area contributed by atoms with Crippen LogP contribution in [0, 0.1) is 5.41 Å². The van der Waals surface area contributed by atoms with Crippen LogP contribution in [0.25, 0.3) is 0 Å². The molecule has 1 atom stereocenters. The molecule has 0 saturated heterocycles. The third kappa shape index (κ3) is 4.75. The molecule has 0 fully saturated rings. The highest BCUT2D eigenvalue weighted by Gasteiger charge is 2.19. The highest BCUT2D eigenvalue weighted by atomic mass is 16.5. The summed E-state index contributed by atoms with van der Waals surface area (Å²) in [6, 6.07) is 1.39. The summed E-state index contributed by atoms with van der Waals surface area (Å²) in [6.07, 6.45) is 0.0197. The lowest BCUT2D eigenvalue weighted by Gasteiger charge is -2.22. The monoisotopic (exact) mass is 256 g/mol. The van der Waals surface area contributed by atoms with Crippen LogP contribution in [0.2, 0.25) is 0 Å². The van der Waals surface area contributed by atoms with E-state index in [-0.39, 0.29) is 23.6 Å². The van der Waals surface area contributed by atoms with Crippen LogP contribution in [-0.2, 0) is 0 Å². The average Bonchev–Trinajstić information content (AvgIpc) is 2.72. The van der Waals surface area contributed by atoms with Gasteiger partial charge < -0.3 is 19.7 Å². The Labute approximate surface area is 106 Å². The number of nitrogens with zero attached hydrogens (tertiary/aromatic N) is 1. The summed E-state index contributed by atoms with van der Waals surface area (Å²) in [5.74, 6) is -0.107. The van der Waals surface area contributed by atoms with Gasteiger partial charge in [0.05, 0.1) is 19.3 Å². The predicted octanol–water partition coefficient (Wildman–Crippen LogP) is 1.21. The number of aliphatic hydroxyl groups excluding tert-OH is 1. The minimum atomic E-state index is -0.584. The first-order valence-electron chi connectivity index (χ1n) is 5.79. The Hall–Kier alpha value is -1.56. The van der Waals surface area contributed by atoms with Crippen LogP contribution in [0.3, 0.4) is 0 Å².